The summed E-state index contributed by atoms with van der Waals surface area (Å²) in [5.74, 6) is -0.0530. The number of halogens is 1. The van der Waals surface area contributed by atoms with Gasteiger partial charge in [0.1, 0.15) is 0 Å². The van der Waals surface area contributed by atoms with E-state index in [-0.39, 0.29) is 24.7 Å². The van der Waals surface area contributed by atoms with Crippen LogP contribution >= 0.6 is 15.9 Å². The molecule has 1 aliphatic carbocycles. The third kappa shape index (κ3) is 3.04. The van der Waals surface area contributed by atoms with Crippen LogP contribution in [-0.2, 0) is 4.79 Å². The molecule has 0 unspecified atom stereocenters. The first-order valence-electron chi connectivity index (χ1n) is 7.17. The Labute approximate surface area is 135 Å². The minimum Gasteiger partial charge on any atom is -0.481 e. The van der Waals surface area contributed by atoms with Crippen molar-refractivity contribution in [3.05, 3.63) is 22.2 Å². The van der Waals surface area contributed by atoms with Gasteiger partial charge in [-0.2, -0.15) is 0 Å². The van der Waals surface area contributed by atoms with Crippen LogP contribution in [0.15, 0.2) is 16.6 Å². The van der Waals surface area contributed by atoms with Crippen molar-refractivity contribution < 1.29 is 24.2 Å². The molecule has 0 spiro atoms. The molecule has 0 aromatic heterocycles. The van der Waals surface area contributed by atoms with Gasteiger partial charge >= 0.3 is 5.97 Å². The van der Waals surface area contributed by atoms with Crippen molar-refractivity contribution in [2.45, 2.75) is 31.7 Å². The zero-order chi connectivity index (χ0) is 15.7. The predicted octanol–water partition coefficient (Wildman–Crippen LogP) is 2.55. The van der Waals surface area contributed by atoms with E-state index in [4.69, 9.17) is 14.6 Å². The lowest BCUT2D eigenvalue weighted by molar-refractivity contribution is -0.142. The highest BCUT2D eigenvalue weighted by Crippen LogP contribution is 2.40. The quantitative estimate of drug-likeness (QED) is 0.854. The Morgan fingerprint density at radius 2 is 1.91 bits per heavy atom. The van der Waals surface area contributed by atoms with E-state index in [2.05, 4.69) is 21.2 Å². The summed E-state index contributed by atoms with van der Waals surface area (Å²) in [6, 6.07) is 3.38. The van der Waals surface area contributed by atoms with E-state index in [1.54, 1.807) is 12.1 Å². The Kier molecular flexibility index (Phi) is 4.24. The Morgan fingerprint density at radius 1 is 1.18 bits per heavy atom. The Bertz CT molecular complexity index is 610. The SMILES string of the molecule is O=C(NC1CCC(C(=O)O)CC1)c1cc(Br)c2c(c1)OCO2. The first-order chi connectivity index (χ1) is 10.5. The van der Waals surface area contributed by atoms with Crippen LogP contribution < -0.4 is 14.8 Å². The van der Waals surface area contributed by atoms with E-state index >= 15 is 0 Å². The number of carbonyl (C=O) groups is 2. The third-order valence-electron chi connectivity index (χ3n) is 4.10. The molecule has 0 radical (unpaired) electrons. The molecule has 22 heavy (non-hydrogen) atoms. The number of hydrogen-bond donors (Lipinski definition) is 2. The minimum atomic E-state index is -0.746. The maximum absolute atomic E-state index is 12.3. The lowest BCUT2D eigenvalue weighted by Crippen LogP contribution is -2.38. The van der Waals surface area contributed by atoms with Gasteiger partial charge in [0.15, 0.2) is 11.5 Å². The third-order valence-corrected chi connectivity index (χ3v) is 4.69. The number of aliphatic carboxylic acids is 1. The fraction of sp³-hybridized carbons (Fsp3) is 0.467. The first-order valence-corrected chi connectivity index (χ1v) is 7.96. The molecule has 1 heterocycles. The number of carboxylic acid groups (broad SMARTS) is 1. The van der Waals surface area contributed by atoms with Gasteiger partial charge in [-0.15, -0.1) is 0 Å². The second kappa shape index (κ2) is 6.16. The predicted molar refractivity (Wildman–Crippen MR) is 81.1 cm³/mol. The molecule has 3 rings (SSSR count). The van der Waals surface area contributed by atoms with Crippen molar-refractivity contribution in [1.82, 2.24) is 5.32 Å². The molecule has 7 heteroatoms. The highest BCUT2D eigenvalue weighted by atomic mass is 79.9. The molecule has 0 saturated heterocycles. The molecule has 118 valence electrons. The monoisotopic (exact) mass is 369 g/mol. The summed E-state index contributed by atoms with van der Waals surface area (Å²) in [4.78, 5) is 23.3. The highest BCUT2D eigenvalue weighted by molar-refractivity contribution is 9.10. The molecule has 2 aliphatic rings. The van der Waals surface area contributed by atoms with Crippen molar-refractivity contribution in [2.24, 2.45) is 5.92 Å². The standard InChI is InChI=1S/C15H16BrNO5/c16-11-5-9(6-12-13(11)22-7-21-12)14(18)17-10-3-1-8(2-4-10)15(19)20/h5-6,8,10H,1-4,7H2,(H,17,18)(H,19,20). The van der Waals surface area contributed by atoms with Crippen LogP contribution in [-0.4, -0.2) is 29.8 Å². The molecule has 1 aromatic carbocycles. The molecule has 1 aliphatic heterocycles. The number of hydrogen-bond acceptors (Lipinski definition) is 4. The Balaban J connectivity index is 1.63. The number of carboxylic acids is 1. The van der Waals surface area contributed by atoms with Gasteiger partial charge in [-0.25, -0.2) is 0 Å². The number of amides is 1. The molecule has 6 nitrogen and oxygen atoms in total. The first kappa shape index (κ1) is 15.1. The van der Waals surface area contributed by atoms with Gasteiger partial charge in [-0.1, -0.05) is 0 Å². The lowest BCUT2D eigenvalue weighted by atomic mass is 9.86. The number of fused-ring (bicyclic) bond motifs is 1. The normalized spacial score (nSPS) is 23.1. The van der Waals surface area contributed by atoms with Crippen LogP contribution in [0.2, 0.25) is 0 Å². The van der Waals surface area contributed by atoms with E-state index in [9.17, 15) is 9.59 Å². The van der Waals surface area contributed by atoms with Crippen LogP contribution in [0, 0.1) is 5.92 Å². The Hall–Kier alpha value is -1.76. The summed E-state index contributed by atoms with van der Waals surface area (Å²) in [6.45, 7) is 0.151. The van der Waals surface area contributed by atoms with E-state index < -0.39 is 5.97 Å². The molecular weight excluding hydrogens is 354 g/mol. The van der Waals surface area contributed by atoms with Crippen LogP contribution in [0.5, 0.6) is 11.5 Å². The largest absolute Gasteiger partial charge is 0.481 e. The smallest absolute Gasteiger partial charge is 0.306 e. The van der Waals surface area contributed by atoms with Gasteiger partial charge in [-0.3, -0.25) is 9.59 Å². The van der Waals surface area contributed by atoms with Gasteiger partial charge in [0.05, 0.1) is 10.4 Å². The molecule has 1 amide bonds. The molecular formula is C15H16BrNO5. The van der Waals surface area contributed by atoms with Crippen LogP contribution in [0.3, 0.4) is 0 Å². The number of rotatable bonds is 3. The summed E-state index contributed by atoms with van der Waals surface area (Å²) in [5.41, 5.74) is 0.497. The lowest BCUT2D eigenvalue weighted by Gasteiger charge is -2.26. The number of ether oxygens (including phenoxy) is 2. The van der Waals surface area contributed by atoms with Crippen molar-refractivity contribution in [3.63, 3.8) is 0 Å². The summed E-state index contributed by atoms with van der Waals surface area (Å²) in [5, 5.41) is 12.0. The van der Waals surface area contributed by atoms with Crippen molar-refractivity contribution in [2.75, 3.05) is 6.79 Å². The van der Waals surface area contributed by atoms with Crippen LogP contribution in [0.25, 0.3) is 0 Å². The van der Waals surface area contributed by atoms with E-state index in [0.29, 0.717) is 47.2 Å². The minimum absolute atomic E-state index is 0.0206. The second-order valence-electron chi connectivity index (χ2n) is 5.55. The average Bonchev–Trinajstić information content (AvgIpc) is 2.96. The summed E-state index contributed by atoms with van der Waals surface area (Å²) in [6.07, 6.45) is 2.58. The van der Waals surface area contributed by atoms with Crippen molar-refractivity contribution >= 4 is 27.8 Å². The van der Waals surface area contributed by atoms with E-state index in [0.717, 1.165) is 0 Å². The molecule has 1 aromatic rings. The van der Waals surface area contributed by atoms with Gasteiger partial charge in [-0.05, 0) is 53.7 Å². The van der Waals surface area contributed by atoms with Crippen molar-refractivity contribution in [3.8, 4) is 11.5 Å². The highest BCUT2D eigenvalue weighted by Gasteiger charge is 2.27. The van der Waals surface area contributed by atoms with Gasteiger partial charge in [0, 0.05) is 11.6 Å². The molecule has 0 bridgehead atoms. The molecule has 1 fully saturated rings. The van der Waals surface area contributed by atoms with Gasteiger partial charge in [0.2, 0.25) is 6.79 Å². The van der Waals surface area contributed by atoms with Gasteiger partial charge in [0.25, 0.3) is 5.91 Å². The summed E-state index contributed by atoms with van der Waals surface area (Å²) >= 11 is 3.37. The fourth-order valence-electron chi connectivity index (χ4n) is 2.85. The van der Waals surface area contributed by atoms with Crippen molar-refractivity contribution in [1.29, 1.82) is 0 Å². The van der Waals surface area contributed by atoms with E-state index in [1.807, 2.05) is 0 Å². The number of benzene rings is 1. The molecule has 0 atom stereocenters. The maximum Gasteiger partial charge on any atom is 0.306 e. The maximum atomic E-state index is 12.3. The number of nitrogens with one attached hydrogen (secondary N) is 1. The average molecular weight is 370 g/mol. The molecule has 2 N–H and O–H groups in total. The zero-order valence-electron chi connectivity index (χ0n) is 11.8. The molecule has 1 saturated carbocycles. The van der Waals surface area contributed by atoms with E-state index in [1.165, 1.54) is 0 Å². The Morgan fingerprint density at radius 3 is 2.59 bits per heavy atom. The fourth-order valence-corrected chi connectivity index (χ4v) is 3.41. The van der Waals surface area contributed by atoms with Crippen LogP contribution in [0.4, 0.5) is 0 Å². The van der Waals surface area contributed by atoms with Crippen LogP contribution in [0.1, 0.15) is 36.0 Å². The topological polar surface area (TPSA) is 84.9 Å². The summed E-state index contributed by atoms with van der Waals surface area (Å²) < 4.78 is 11.3. The van der Waals surface area contributed by atoms with Gasteiger partial charge < -0.3 is 19.9 Å². The second-order valence-corrected chi connectivity index (χ2v) is 6.41. The number of carbonyl (C=O) groups excluding carboxylic acids is 1. The summed E-state index contributed by atoms with van der Waals surface area (Å²) in [7, 11) is 0. The zero-order valence-corrected chi connectivity index (χ0v) is 13.4.